The predicted octanol–water partition coefficient (Wildman–Crippen LogP) is 6.63. The van der Waals surface area contributed by atoms with Crippen LogP contribution in [0.5, 0.6) is 5.75 Å². The highest BCUT2D eigenvalue weighted by atomic mass is 79.9. The third kappa shape index (κ3) is 5.37. The fraction of sp³-hybridized carbons (Fsp3) is 0.200. The molecule has 8 nitrogen and oxygen atoms in total. The zero-order valence-corrected chi connectivity index (χ0v) is 25.1. The van der Waals surface area contributed by atoms with Crippen molar-refractivity contribution in [3.8, 4) is 11.4 Å². The molecule has 1 amide bonds. The Bertz CT molecular complexity index is 1730. The van der Waals surface area contributed by atoms with Crippen molar-refractivity contribution in [2.75, 3.05) is 30.4 Å². The van der Waals surface area contributed by atoms with Gasteiger partial charge in [-0.05, 0) is 108 Å². The van der Waals surface area contributed by atoms with Gasteiger partial charge in [-0.25, -0.2) is 0 Å². The van der Waals surface area contributed by atoms with E-state index in [-0.39, 0.29) is 11.0 Å². The van der Waals surface area contributed by atoms with E-state index >= 15 is 0 Å². The van der Waals surface area contributed by atoms with E-state index in [4.69, 9.17) is 17.0 Å². The summed E-state index contributed by atoms with van der Waals surface area (Å²) in [5, 5.41) is 17.3. The van der Waals surface area contributed by atoms with Crippen molar-refractivity contribution in [1.29, 1.82) is 0 Å². The van der Waals surface area contributed by atoms with E-state index in [0.717, 1.165) is 52.0 Å². The fourth-order valence-electron chi connectivity index (χ4n) is 4.68. The lowest BCUT2D eigenvalue weighted by Gasteiger charge is -2.20. The number of methoxy groups -OCH3 is 1. The summed E-state index contributed by atoms with van der Waals surface area (Å²) in [6.07, 6.45) is 0. The van der Waals surface area contributed by atoms with Crippen LogP contribution in [-0.4, -0.2) is 46.2 Å². The van der Waals surface area contributed by atoms with Gasteiger partial charge in [0.25, 0.3) is 5.91 Å². The first kappa shape index (κ1) is 27.5. The molecule has 4 aromatic carbocycles. The Morgan fingerprint density at radius 2 is 1.70 bits per heavy atom. The first-order valence-corrected chi connectivity index (χ1v) is 14.1. The number of rotatable bonds is 7. The van der Waals surface area contributed by atoms with Gasteiger partial charge in [0, 0.05) is 24.5 Å². The molecule has 5 aromatic rings. The van der Waals surface area contributed by atoms with E-state index < -0.39 is 0 Å². The monoisotopic (exact) mass is 616 g/mol. The molecule has 0 aliphatic rings. The summed E-state index contributed by atoms with van der Waals surface area (Å²) in [6, 6.07) is 21.6. The zero-order chi connectivity index (χ0) is 28.4. The number of hydrogen-bond acceptors (Lipinski definition) is 6. The number of ether oxygens (including phenoxy) is 1. The van der Waals surface area contributed by atoms with Gasteiger partial charge < -0.3 is 15.0 Å². The molecule has 1 aromatic heterocycles. The van der Waals surface area contributed by atoms with Crippen molar-refractivity contribution in [1.82, 2.24) is 20.3 Å². The van der Waals surface area contributed by atoms with Crippen molar-refractivity contribution in [3.63, 3.8) is 0 Å². The Labute approximate surface area is 246 Å². The van der Waals surface area contributed by atoms with Gasteiger partial charge in [-0.3, -0.25) is 10.1 Å². The summed E-state index contributed by atoms with van der Waals surface area (Å²) in [4.78, 5) is 17.1. The average Bonchev–Trinajstić information content (AvgIpc) is 3.36. The summed E-state index contributed by atoms with van der Waals surface area (Å²) >= 11 is 9.08. The SMILES string of the molecule is CCN(CC)c1ccc(-n2nc3cc(C)c(NC(=S)NC(=O)c4cc5ccccc5c(Br)c4OC)cc3n2)cc1. The van der Waals surface area contributed by atoms with Gasteiger partial charge in [-0.15, -0.1) is 10.2 Å². The maximum absolute atomic E-state index is 13.2. The number of carbonyl (C=O) groups excluding carboxylic acids is 1. The molecule has 204 valence electrons. The molecule has 0 saturated heterocycles. The molecule has 0 aliphatic carbocycles. The maximum atomic E-state index is 13.2. The lowest BCUT2D eigenvalue weighted by Crippen LogP contribution is -2.34. The fourth-order valence-corrected chi connectivity index (χ4v) is 5.62. The molecule has 0 radical (unpaired) electrons. The highest BCUT2D eigenvalue weighted by Gasteiger charge is 2.19. The van der Waals surface area contributed by atoms with E-state index in [9.17, 15) is 4.79 Å². The minimum atomic E-state index is -0.376. The summed E-state index contributed by atoms with van der Waals surface area (Å²) in [5.41, 5.74) is 5.52. The predicted molar refractivity (Wildman–Crippen MR) is 169 cm³/mol. The molecule has 1 heterocycles. The molecule has 0 bridgehead atoms. The quantitative estimate of drug-likeness (QED) is 0.199. The van der Waals surface area contributed by atoms with Crippen molar-refractivity contribution in [2.24, 2.45) is 0 Å². The number of fused-ring (bicyclic) bond motifs is 2. The number of anilines is 2. The minimum Gasteiger partial charge on any atom is -0.495 e. The largest absolute Gasteiger partial charge is 0.495 e. The first-order chi connectivity index (χ1) is 19.3. The molecule has 0 fully saturated rings. The molecule has 2 N–H and O–H groups in total. The molecule has 5 rings (SSSR count). The standard InChI is InChI=1S/C30H29BrN6O2S/c1-5-36(6-2)20-11-13-21(14-12-20)37-34-25-15-18(3)24(17-26(25)35-37)32-30(40)33-29(38)23-16-19-9-7-8-10-22(19)27(31)28(23)39-4/h7-17H,5-6H2,1-4H3,(H2,32,33,38,40). The van der Waals surface area contributed by atoms with Crippen molar-refractivity contribution >= 4 is 72.3 Å². The normalized spacial score (nSPS) is 11.0. The van der Waals surface area contributed by atoms with Crippen LogP contribution in [-0.2, 0) is 0 Å². The van der Waals surface area contributed by atoms with Gasteiger partial charge in [-0.2, -0.15) is 4.80 Å². The van der Waals surface area contributed by atoms with Crippen LogP contribution >= 0.6 is 28.1 Å². The van der Waals surface area contributed by atoms with Crippen LogP contribution < -0.4 is 20.3 Å². The van der Waals surface area contributed by atoms with Crippen molar-refractivity contribution in [3.05, 3.63) is 82.3 Å². The van der Waals surface area contributed by atoms with E-state index in [2.05, 4.69) is 67.6 Å². The zero-order valence-electron chi connectivity index (χ0n) is 22.7. The number of hydrogen-bond donors (Lipinski definition) is 2. The molecule has 0 atom stereocenters. The number of nitrogens with zero attached hydrogens (tertiary/aromatic N) is 4. The van der Waals surface area contributed by atoms with Gasteiger partial charge >= 0.3 is 0 Å². The summed E-state index contributed by atoms with van der Waals surface area (Å²) in [6.45, 7) is 8.13. The molecule has 0 saturated carbocycles. The molecular weight excluding hydrogens is 588 g/mol. The minimum absolute atomic E-state index is 0.165. The Hall–Kier alpha value is -4.02. The van der Waals surface area contributed by atoms with E-state index in [1.165, 1.54) is 7.11 Å². The van der Waals surface area contributed by atoms with Crippen LogP contribution in [0.25, 0.3) is 27.5 Å². The van der Waals surface area contributed by atoms with Crippen LogP contribution in [0.1, 0.15) is 29.8 Å². The topological polar surface area (TPSA) is 84.3 Å². The lowest BCUT2D eigenvalue weighted by atomic mass is 10.1. The third-order valence-electron chi connectivity index (χ3n) is 6.80. The van der Waals surface area contributed by atoms with Gasteiger partial charge in [0.15, 0.2) is 5.11 Å². The van der Waals surface area contributed by atoms with Crippen LogP contribution in [0.2, 0.25) is 0 Å². The number of benzene rings is 4. The van der Waals surface area contributed by atoms with Gasteiger partial charge in [0.05, 0.1) is 22.8 Å². The van der Waals surface area contributed by atoms with Crippen LogP contribution in [0.15, 0.2) is 71.2 Å². The van der Waals surface area contributed by atoms with Gasteiger partial charge in [-0.1, -0.05) is 24.3 Å². The Morgan fingerprint density at radius 3 is 2.38 bits per heavy atom. The number of amides is 1. The van der Waals surface area contributed by atoms with Crippen LogP contribution in [0.4, 0.5) is 11.4 Å². The second-order valence-corrected chi connectivity index (χ2v) is 10.4. The molecule has 0 unspecified atom stereocenters. The summed E-state index contributed by atoms with van der Waals surface area (Å²) in [5.74, 6) is 0.0666. The second-order valence-electron chi connectivity index (χ2n) is 9.23. The van der Waals surface area contributed by atoms with E-state index in [1.807, 2.05) is 55.5 Å². The Balaban J connectivity index is 1.35. The number of thiocarbonyl (C=S) groups is 1. The van der Waals surface area contributed by atoms with E-state index in [1.54, 1.807) is 10.9 Å². The maximum Gasteiger partial charge on any atom is 0.261 e. The van der Waals surface area contributed by atoms with E-state index in [0.29, 0.717) is 21.3 Å². The molecule has 0 spiro atoms. The Morgan fingerprint density at radius 1 is 1.02 bits per heavy atom. The Kier molecular flexibility index (Phi) is 7.99. The molecule has 0 aliphatic heterocycles. The second kappa shape index (κ2) is 11.6. The molecule has 10 heteroatoms. The third-order valence-corrected chi connectivity index (χ3v) is 7.79. The van der Waals surface area contributed by atoms with Crippen molar-refractivity contribution in [2.45, 2.75) is 20.8 Å². The van der Waals surface area contributed by atoms with Gasteiger partial charge in [0.1, 0.15) is 16.8 Å². The number of carbonyl (C=O) groups is 1. The molecular formula is C30H29BrN6O2S. The van der Waals surface area contributed by atoms with Crippen LogP contribution in [0.3, 0.4) is 0 Å². The average molecular weight is 618 g/mol. The number of aromatic nitrogens is 3. The highest BCUT2D eigenvalue weighted by Crippen LogP contribution is 2.36. The summed E-state index contributed by atoms with van der Waals surface area (Å²) < 4.78 is 6.26. The number of halogens is 1. The highest BCUT2D eigenvalue weighted by molar-refractivity contribution is 9.10. The van der Waals surface area contributed by atoms with Crippen LogP contribution in [0, 0.1) is 6.92 Å². The smallest absolute Gasteiger partial charge is 0.261 e. The van der Waals surface area contributed by atoms with Crippen molar-refractivity contribution < 1.29 is 9.53 Å². The first-order valence-electron chi connectivity index (χ1n) is 12.9. The molecule has 40 heavy (non-hydrogen) atoms. The number of aryl methyl sites for hydroxylation is 1. The number of nitrogens with one attached hydrogen (secondary N) is 2. The lowest BCUT2D eigenvalue weighted by molar-refractivity contribution is 0.0975. The van der Waals surface area contributed by atoms with Gasteiger partial charge in [0.2, 0.25) is 0 Å². The summed E-state index contributed by atoms with van der Waals surface area (Å²) in [7, 11) is 1.54.